The molecule has 31 heavy (non-hydrogen) atoms. The third-order valence-electron chi connectivity index (χ3n) is 4.92. The number of fused-ring (bicyclic) bond motifs is 1. The maximum absolute atomic E-state index is 14.9. The van der Waals surface area contributed by atoms with Crippen LogP contribution in [0.4, 0.5) is 9.18 Å². The van der Waals surface area contributed by atoms with Gasteiger partial charge in [0, 0.05) is 28.8 Å². The summed E-state index contributed by atoms with van der Waals surface area (Å²) in [5.74, 6) is -0.954. The SMILES string of the molecule is CC(C)Cn1c(CNC(=O)O)c(-c2ccccc2F)c2cc(CC(N)=O)ccc2c1=O. The molecule has 7 nitrogen and oxygen atoms in total. The van der Waals surface area contributed by atoms with Gasteiger partial charge in [-0.15, -0.1) is 0 Å². The zero-order chi connectivity index (χ0) is 22.7. The molecule has 0 aliphatic carbocycles. The fraction of sp³-hybridized carbons (Fsp3) is 0.261. The molecule has 162 valence electrons. The number of pyridine rings is 1. The number of halogens is 1. The molecular weight excluding hydrogens is 401 g/mol. The van der Waals surface area contributed by atoms with E-state index in [1.54, 1.807) is 36.4 Å². The van der Waals surface area contributed by atoms with Crippen molar-refractivity contribution in [2.24, 2.45) is 11.7 Å². The van der Waals surface area contributed by atoms with Crippen molar-refractivity contribution in [1.29, 1.82) is 0 Å². The highest BCUT2D eigenvalue weighted by molar-refractivity contribution is 5.98. The molecular formula is C23H24FN3O4. The number of rotatable bonds is 7. The van der Waals surface area contributed by atoms with Crippen molar-refractivity contribution in [3.63, 3.8) is 0 Å². The molecule has 3 aromatic rings. The van der Waals surface area contributed by atoms with Crippen molar-refractivity contribution in [2.75, 3.05) is 0 Å². The first-order chi connectivity index (χ1) is 14.7. The van der Waals surface area contributed by atoms with Gasteiger partial charge in [-0.25, -0.2) is 9.18 Å². The number of benzene rings is 2. The Bertz CT molecular complexity index is 1220. The maximum atomic E-state index is 14.9. The zero-order valence-corrected chi connectivity index (χ0v) is 17.3. The number of hydrogen-bond donors (Lipinski definition) is 3. The molecule has 8 heteroatoms. The van der Waals surface area contributed by atoms with Crippen molar-refractivity contribution < 1.29 is 19.1 Å². The van der Waals surface area contributed by atoms with E-state index in [1.165, 1.54) is 10.6 Å². The highest BCUT2D eigenvalue weighted by Gasteiger charge is 2.21. The summed E-state index contributed by atoms with van der Waals surface area (Å²) in [4.78, 5) is 36.0. The first-order valence-electron chi connectivity index (χ1n) is 9.87. The minimum absolute atomic E-state index is 0.0373. The molecule has 0 atom stereocenters. The number of carbonyl (C=O) groups is 2. The fourth-order valence-corrected chi connectivity index (χ4v) is 3.72. The van der Waals surface area contributed by atoms with Crippen LogP contribution in [0.5, 0.6) is 0 Å². The van der Waals surface area contributed by atoms with Crippen LogP contribution >= 0.6 is 0 Å². The molecule has 0 saturated carbocycles. The minimum Gasteiger partial charge on any atom is -0.465 e. The predicted octanol–water partition coefficient (Wildman–Crippen LogP) is 3.26. The third-order valence-corrected chi connectivity index (χ3v) is 4.92. The number of carbonyl (C=O) groups excluding carboxylic acids is 1. The van der Waals surface area contributed by atoms with E-state index >= 15 is 0 Å². The number of amides is 2. The van der Waals surface area contributed by atoms with Crippen LogP contribution in [0.15, 0.2) is 47.3 Å². The number of nitrogens with zero attached hydrogens (tertiary/aromatic N) is 1. The summed E-state index contributed by atoms with van der Waals surface area (Å²) in [6, 6.07) is 11.0. The van der Waals surface area contributed by atoms with E-state index in [0.717, 1.165) is 0 Å². The van der Waals surface area contributed by atoms with Crippen LogP contribution in [0, 0.1) is 11.7 Å². The number of nitrogens with one attached hydrogen (secondary N) is 1. The number of hydrogen-bond acceptors (Lipinski definition) is 3. The monoisotopic (exact) mass is 425 g/mol. The molecule has 1 heterocycles. The Hall–Kier alpha value is -3.68. The fourth-order valence-electron chi connectivity index (χ4n) is 3.72. The molecule has 0 radical (unpaired) electrons. The van der Waals surface area contributed by atoms with E-state index in [1.807, 2.05) is 13.8 Å². The molecule has 0 aliphatic rings. The third kappa shape index (κ3) is 4.74. The first kappa shape index (κ1) is 22.0. The molecule has 0 fully saturated rings. The van der Waals surface area contributed by atoms with Crippen LogP contribution < -0.4 is 16.6 Å². The van der Waals surface area contributed by atoms with E-state index in [-0.39, 0.29) is 30.0 Å². The van der Waals surface area contributed by atoms with E-state index in [0.29, 0.717) is 34.1 Å². The second-order valence-corrected chi connectivity index (χ2v) is 7.79. The van der Waals surface area contributed by atoms with Gasteiger partial charge in [-0.1, -0.05) is 38.1 Å². The summed E-state index contributed by atoms with van der Waals surface area (Å²) in [6.45, 7) is 4.01. The Balaban J connectivity index is 2.46. The Morgan fingerprint density at radius 3 is 2.48 bits per heavy atom. The predicted molar refractivity (Wildman–Crippen MR) is 116 cm³/mol. The Morgan fingerprint density at radius 1 is 1.16 bits per heavy atom. The quantitative estimate of drug-likeness (QED) is 0.539. The molecule has 3 rings (SSSR count). The summed E-state index contributed by atoms with van der Waals surface area (Å²) in [5.41, 5.74) is 6.60. The van der Waals surface area contributed by atoms with Crippen LogP contribution in [0.3, 0.4) is 0 Å². The second kappa shape index (κ2) is 8.99. The van der Waals surface area contributed by atoms with Gasteiger partial charge >= 0.3 is 6.09 Å². The molecule has 0 unspecified atom stereocenters. The lowest BCUT2D eigenvalue weighted by Gasteiger charge is -2.22. The lowest BCUT2D eigenvalue weighted by atomic mass is 9.94. The number of carboxylic acid groups (broad SMARTS) is 1. The van der Waals surface area contributed by atoms with E-state index in [9.17, 15) is 18.8 Å². The van der Waals surface area contributed by atoms with Crippen LogP contribution in [-0.2, 0) is 24.3 Å². The van der Waals surface area contributed by atoms with Crippen LogP contribution in [0.1, 0.15) is 25.1 Å². The Labute approximate surface area is 178 Å². The number of nitrogens with two attached hydrogens (primary N) is 1. The Morgan fingerprint density at radius 2 is 1.87 bits per heavy atom. The molecule has 0 bridgehead atoms. The van der Waals surface area contributed by atoms with Gasteiger partial charge in [0.15, 0.2) is 0 Å². The Kier molecular flexibility index (Phi) is 6.39. The molecule has 0 spiro atoms. The highest BCUT2D eigenvalue weighted by atomic mass is 19.1. The largest absolute Gasteiger partial charge is 0.465 e. The van der Waals surface area contributed by atoms with Gasteiger partial charge in [-0.2, -0.15) is 0 Å². The average Bonchev–Trinajstić information content (AvgIpc) is 2.68. The normalized spacial score (nSPS) is 11.1. The van der Waals surface area contributed by atoms with Crippen LogP contribution in [0.2, 0.25) is 0 Å². The molecule has 0 aliphatic heterocycles. The number of primary amides is 1. The molecule has 4 N–H and O–H groups in total. The number of aromatic nitrogens is 1. The molecule has 2 aromatic carbocycles. The van der Waals surface area contributed by atoms with E-state index < -0.39 is 17.8 Å². The van der Waals surface area contributed by atoms with Crippen molar-refractivity contribution in [1.82, 2.24) is 9.88 Å². The van der Waals surface area contributed by atoms with Gasteiger partial charge < -0.3 is 20.7 Å². The molecule has 2 amide bonds. The first-order valence-corrected chi connectivity index (χ1v) is 9.87. The second-order valence-electron chi connectivity index (χ2n) is 7.79. The lowest BCUT2D eigenvalue weighted by molar-refractivity contribution is -0.117. The van der Waals surface area contributed by atoms with Crippen molar-refractivity contribution in [3.05, 3.63) is 69.9 Å². The summed E-state index contributed by atoms with van der Waals surface area (Å²) in [7, 11) is 0. The summed E-state index contributed by atoms with van der Waals surface area (Å²) < 4.78 is 16.4. The standard InChI is InChI=1S/C23H24FN3O4/c1-13(2)12-27-19(11-26-23(30)31)21(16-5-3-4-6-18(16)24)17-9-14(10-20(25)28)7-8-15(17)22(27)29/h3-9,13,26H,10-12H2,1-2H3,(H2,25,28)(H,30,31). The highest BCUT2D eigenvalue weighted by Crippen LogP contribution is 2.33. The van der Waals surface area contributed by atoms with Crippen LogP contribution in [-0.4, -0.2) is 21.7 Å². The van der Waals surface area contributed by atoms with E-state index in [2.05, 4.69) is 5.32 Å². The van der Waals surface area contributed by atoms with Gasteiger partial charge in [-0.05, 0) is 35.1 Å². The van der Waals surface area contributed by atoms with Gasteiger partial charge in [0.25, 0.3) is 5.56 Å². The summed E-state index contributed by atoms with van der Waals surface area (Å²) >= 11 is 0. The van der Waals surface area contributed by atoms with E-state index in [4.69, 9.17) is 10.8 Å². The smallest absolute Gasteiger partial charge is 0.404 e. The van der Waals surface area contributed by atoms with Gasteiger partial charge in [0.05, 0.1) is 13.0 Å². The van der Waals surface area contributed by atoms with Crippen LogP contribution in [0.25, 0.3) is 21.9 Å². The molecule has 0 saturated heterocycles. The topological polar surface area (TPSA) is 114 Å². The van der Waals surface area contributed by atoms with Crippen molar-refractivity contribution in [2.45, 2.75) is 33.4 Å². The zero-order valence-electron chi connectivity index (χ0n) is 17.3. The maximum Gasteiger partial charge on any atom is 0.404 e. The van der Waals surface area contributed by atoms with Gasteiger partial charge in [-0.3, -0.25) is 9.59 Å². The lowest BCUT2D eigenvalue weighted by Crippen LogP contribution is -2.31. The average molecular weight is 425 g/mol. The minimum atomic E-state index is -1.26. The molecule has 1 aromatic heterocycles. The van der Waals surface area contributed by atoms with Crippen molar-refractivity contribution in [3.8, 4) is 11.1 Å². The van der Waals surface area contributed by atoms with Gasteiger partial charge in [0.1, 0.15) is 5.82 Å². The van der Waals surface area contributed by atoms with Crippen molar-refractivity contribution >= 4 is 22.8 Å². The summed E-state index contributed by atoms with van der Waals surface area (Å²) in [5, 5.41) is 12.3. The van der Waals surface area contributed by atoms with Gasteiger partial charge in [0.2, 0.25) is 5.91 Å². The summed E-state index contributed by atoms with van der Waals surface area (Å²) in [6.07, 6.45) is -1.30.